The van der Waals surface area contributed by atoms with Crippen LogP contribution < -0.4 is 15.4 Å². The average Bonchev–Trinajstić information content (AvgIpc) is 2.78. The first-order chi connectivity index (χ1) is 8.15. The number of hydrogen-bond acceptors (Lipinski definition) is 4. The van der Waals surface area contributed by atoms with E-state index in [4.69, 9.17) is 4.74 Å². The molecule has 5 nitrogen and oxygen atoms in total. The number of carbonyl (C=O) groups excluding carboxylic acids is 1. The van der Waals surface area contributed by atoms with Gasteiger partial charge in [-0.3, -0.25) is 4.79 Å². The summed E-state index contributed by atoms with van der Waals surface area (Å²) in [6, 6.07) is 7.12. The number of anilines is 1. The van der Waals surface area contributed by atoms with Gasteiger partial charge in [-0.25, -0.2) is 0 Å². The van der Waals surface area contributed by atoms with E-state index in [1.54, 1.807) is 18.2 Å². The molecule has 92 valence electrons. The molecule has 1 aromatic rings. The predicted molar refractivity (Wildman–Crippen MR) is 64.1 cm³/mol. The maximum absolute atomic E-state index is 11.9. The standard InChI is InChI=1S/C12H16N2O3/c1-17-10-5-3-2-4-9(10)14-11(15)12(16)6-7-13-8-12/h2-5,13,16H,6-8H2,1H3,(H,14,15). The van der Waals surface area contributed by atoms with Crippen molar-refractivity contribution in [2.45, 2.75) is 12.0 Å². The summed E-state index contributed by atoms with van der Waals surface area (Å²) in [5.74, 6) is 0.183. The molecule has 1 aliphatic rings. The molecule has 0 aromatic heterocycles. The first-order valence-electron chi connectivity index (χ1n) is 5.53. The topological polar surface area (TPSA) is 70.6 Å². The average molecular weight is 236 g/mol. The Morgan fingerprint density at radius 2 is 2.29 bits per heavy atom. The van der Waals surface area contributed by atoms with Gasteiger partial charge in [-0.2, -0.15) is 0 Å². The predicted octanol–water partition coefficient (Wildman–Crippen LogP) is 0.358. The molecule has 0 radical (unpaired) electrons. The second-order valence-corrected chi connectivity index (χ2v) is 4.11. The third-order valence-corrected chi connectivity index (χ3v) is 2.91. The van der Waals surface area contributed by atoms with Crippen LogP contribution in [-0.4, -0.2) is 36.8 Å². The van der Waals surface area contributed by atoms with Gasteiger partial charge in [0.05, 0.1) is 12.8 Å². The van der Waals surface area contributed by atoms with Crippen molar-refractivity contribution in [3.05, 3.63) is 24.3 Å². The summed E-state index contributed by atoms with van der Waals surface area (Å²) < 4.78 is 5.13. The van der Waals surface area contributed by atoms with E-state index < -0.39 is 11.5 Å². The molecule has 0 saturated carbocycles. The van der Waals surface area contributed by atoms with Gasteiger partial charge in [0.15, 0.2) is 5.60 Å². The van der Waals surface area contributed by atoms with Crippen LogP contribution in [0, 0.1) is 0 Å². The van der Waals surface area contributed by atoms with E-state index >= 15 is 0 Å². The summed E-state index contributed by atoms with van der Waals surface area (Å²) in [4.78, 5) is 11.9. The molecule has 0 spiro atoms. The lowest BCUT2D eigenvalue weighted by atomic mass is 10.0. The van der Waals surface area contributed by atoms with Crippen molar-refractivity contribution in [2.75, 3.05) is 25.5 Å². The Kier molecular flexibility index (Phi) is 3.31. The lowest BCUT2D eigenvalue weighted by Gasteiger charge is -2.20. The van der Waals surface area contributed by atoms with Crippen molar-refractivity contribution in [3.63, 3.8) is 0 Å². The van der Waals surface area contributed by atoms with Crippen LogP contribution in [0.5, 0.6) is 5.75 Å². The molecule has 2 rings (SSSR count). The highest BCUT2D eigenvalue weighted by Gasteiger charge is 2.39. The second-order valence-electron chi connectivity index (χ2n) is 4.11. The van der Waals surface area contributed by atoms with Crippen molar-refractivity contribution in [3.8, 4) is 5.75 Å². The number of hydrogen-bond donors (Lipinski definition) is 3. The van der Waals surface area contributed by atoms with Gasteiger partial charge in [-0.1, -0.05) is 12.1 Å². The van der Waals surface area contributed by atoms with Gasteiger partial charge in [-0.15, -0.1) is 0 Å². The summed E-state index contributed by atoms with van der Waals surface area (Å²) >= 11 is 0. The molecule has 5 heteroatoms. The Bertz CT molecular complexity index is 414. The maximum Gasteiger partial charge on any atom is 0.257 e. The molecule has 1 aromatic carbocycles. The molecule has 1 saturated heterocycles. The molecule has 1 atom stereocenters. The monoisotopic (exact) mass is 236 g/mol. The Morgan fingerprint density at radius 1 is 1.53 bits per heavy atom. The third-order valence-electron chi connectivity index (χ3n) is 2.91. The van der Waals surface area contributed by atoms with E-state index in [0.29, 0.717) is 24.4 Å². The van der Waals surface area contributed by atoms with Crippen LogP contribution in [0.3, 0.4) is 0 Å². The molecule has 1 amide bonds. The van der Waals surface area contributed by atoms with Crippen LogP contribution in [0.1, 0.15) is 6.42 Å². The van der Waals surface area contributed by atoms with E-state index in [-0.39, 0.29) is 6.54 Å². The molecule has 0 aliphatic carbocycles. The van der Waals surface area contributed by atoms with Gasteiger partial charge in [0.2, 0.25) is 0 Å². The van der Waals surface area contributed by atoms with Gasteiger partial charge >= 0.3 is 0 Å². The van der Waals surface area contributed by atoms with Crippen LogP contribution in [0.25, 0.3) is 0 Å². The van der Waals surface area contributed by atoms with Crippen LogP contribution >= 0.6 is 0 Å². The summed E-state index contributed by atoms with van der Waals surface area (Å²) in [5, 5.41) is 15.7. The first kappa shape index (κ1) is 11.9. The number of para-hydroxylation sites is 2. The lowest BCUT2D eigenvalue weighted by Crippen LogP contribution is -2.44. The van der Waals surface area contributed by atoms with Crippen molar-refractivity contribution < 1.29 is 14.6 Å². The second kappa shape index (κ2) is 4.73. The molecule has 1 fully saturated rings. The van der Waals surface area contributed by atoms with Crippen molar-refractivity contribution in [2.24, 2.45) is 0 Å². The molecular formula is C12H16N2O3. The van der Waals surface area contributed by atoms with Gasteiger partial charge in [-0.05, 0) is 25.1 Å². The zero-order valence-corrected chi connectivity index (χ0v) is 9.69. The van der Waals surface area contributed by atoms with E-state index in [2.05, 4.69) is 10.6 Å². The SMILES string of the molecule is COc1ccccc1NC(=O)C1(O)CCNC1. The lowest BCUT2D eigenvalue weighted by molar-refractivity contribution is -0.132. The fraction of sp³-hybridized carbons (Fsp3) is 0.417. The highest BCUT2D eigenvalue weighted by molar-refractivity contribution is 5.98. The van der Waals surface area contributed by atoms with Gasteiger partial charge in [0, 0.05) is 6.54 Å². The quantitative estimate of drug-likeness (QED) is 0.708. The summed E-state index contributed by atoms with van der Waals surface area (Å²) in [7, 11) is 1.54. The third kappa shape index (κ3) is 2.40. The number of nitrogens with one attached hydrogen (secondary N) is 2. The number of β-amino-alcohol motifs (C(OH)–C–C–N with tert-alkyl or cyclic N) is 1. The van der Waals surface area contributed by atoms with E-state index in [1.807, 2.05) is 6.07 Å². The number of methoxy groups -OCH3 is 1. The number of carbonyl (C=O) groups is 1. The Morgan fingerprint density at radius 3 is 2.94 bits per heavy atom. The fourth-order valence-electron chi connectivity index (χ4n) is 1.86. The molecule has 0 bridgehead atoms. The number of rotatable bonds is 3. The van der Waals surface area contributed by atoms with E-state index in [0.717, 1.165) is 0 Å². The highest BCUT2D eigenvalue weighted by atomic mass is 16.5. The summed E-state index contributed by atoms with van der Waals surface area (Å²) in [5.41, 5.74) is -0.749. The van der Waals surface area contributed by atoms with Crippen molar-refractivity contribution in [1.82, 2.24) is 5.32 Å². The fourth-order valence-corrected chi connectivity index (χ4v) is 1.86. The zero-order chi connectivity index (χ0) is 12.3. The van der Waals surface area contributed by atoms with Gasteiger partial charge in [0.1, 0.15) is 5.75 Å². The molecule has 1 heterocycles. The molecule has 17 heavy (non-hydrogen) atoms. The van der Waals surface area contributed by atoms with E-state index in [9.17, 15) is 9.90 Å². The normalized spacial score (nSPS) is 23.4. The zero-order valence-electron chi connectivity index (χ0n) is 9.69. The Labute approximate surface area is 99.8 Å². The minimum atomic E-state index is -1.32. The van der Waals surface area contributed by atoms with E-state index in [1.165, 1.54) is 7.11 Å². The smallest absolute Gasteiger partial charge is 0.257 e. The van der Waals surface area contributed by atoms with Crippen molar-refractivity contribution >= 4 is 11.6 Å². The molecule has 3 N–H and O–H groups in total. The number of aliphatic hydroxyl groups is 1. The molecule has 1 aliphatic heterocycles. The minimum absolute atomic E-state index is 0.286. The van der Waals surface area contributed by atoms with Crippen LogP contribution in [0.2, 0.25) is 0 Å². The number of ether oxygens (including phenoxy) is 1. The van der Waals surface area contributed by atoms with Crippen LogP contribution in [0.15, 0.2) is 24.3 Å². The van der Waals surface area contributed by atoms with Crippen LogP contribution in [0.4, 0.5) is 5.69 Å². The number of amides is 1. The Hall–Kier alpha value is -1.59. The summed E-state index contributed by atoms with van der Waals surface area (Å²) in [6.45, 7) is 0.934. The first-order valence-corrected chi connectivity index (χ1v) is 5.53. The minimum Gasteiger partial charge on any atom is -0.495 e. The van der Waals surface area contributed by atoms with Crippen molar-refractivity contribution in [1.29, 1.82) is 0 Å². The molecule has 1 unspecified atom stereocenters. The molecular weight excluding hydrogens is 220 g/mol. The van der Waals surface area contributed by atoms with Gasteiger partial charge < -0.3 is 20.5 Å². The maximum atomic E-state index is 11.9. The summed E-state index contributed by atoms with van der Waals surface area (Å²) in [6.07, 6.45) is 0.425. The Balaban J connectivity index is 2.12. The highest BCUT2D eigenvalue weighted by Crippen LogP contribution is 2.25. The van der Waals surface area contributed by atoms with Crippen LogP contribution in [-0.2, 0) is 4.79 Å². The van der Waals surface area contributed by atoms with Gasteiger partial charge in [0.25, 0.3) is 5.91 Å². The number of benzene rings is 1. The largest absolute Gasteiger partial charge is 0.495 e.